The fourth-order valence-electron chi connectivity index (χ4n) is 5.55. The van der Waals surface area contributed by atoms with Crippen molar-refractivity contribution in [2.45, 2.75) is 50.0 Å². The SMILES string of the molecule is CN1C(=O)C(C)(C)c2cc(S(=O)(=O)N3CCC(C(=O)N4CCc5ccccc5C4)CC3)ccc21. The van der Waals surface area contributed by atoms with E-state index >= 15 is 0 Å². The van der Waals surface area contributed by atoms with Crippen molar-refractivity contribution >= 4 is 27.5 Å². The first-order valence-electron chi connectivity index (χ1n) is 11.9. The molecule has 1 saturated heterocycles. The number of nitrogens with zero attached hydrogens (tertiary/aromatic N) is 3. The maximum atomic E-state index is 13.4. The van der Waals surface area contributed by atoms with E-state index in [0.717, 1.165) is 17.7 Å². The summed E-state index contributed by atoms with van der Waals surface area (Å²) >= 11 is 0. The van der Waals surface area contributed by atoms with E-state index in [0.29, 0.717) is 39.0 Å². The van der Waals surface area contributed by atoms with Gasteiger partial charge in [0.05, 0.1) is 10.3 Å². The highest BCUT2D eigenvalue weighted by atomic mass is 32.2. The average molecular weight is 482 g/mol. The average Bonchev–Trinajstić information content (AvgIpc) is 3.03. The van der Waals surface area contributed by atoms with Crippen LogP contribution in [0, 0.1) is 5.92 Å². The zero-order valence-corrected chi connectivity index (χ0v) is 20.8. The Balaban J connectivity index is 1.28. The summed E-state index contributed by atoms with van der Waals surface area (Å²) in [5.74, 6) is -0.0639. The zero-order valence-electron chi connectivity index (χ0n) is 20.0. The number of anilines is 1. The summed E-state index contributed by atoms with van der Waals surface area (Å²) < 4.78 is 28.3. The summed E-state index contributed by atoms with van der Waals surface area (Å²) in [6, 6.07) is 13.2. The number of amides is 2. The number of sulfonamides is 1. The van der Waals surface area contributed by atoms with Gasteiger partial charge in [-0.1, -0.05) is 24.3 Å². The third-order valence-corrected chi connectivity index (χ3v) is 9.62. The second-order valence-corrected chi connectivity index (χ2v) is 12.1. The molecule has 34 heavy (non-hydrogen) atoms. The molecule has 2 amide bonds. The lowest BCUT2D eigenvalue weighted by atomic mass is 9.86. The first kappa shape index (κ1) is 23.1. The molecule has 0 saturated carbocycles. The molecule has 2 aromatic rings. The van der Waals surface area contributed by atoms with Gasteiger partial charge in [0.2, 0.25) is 21.8 Å². The third kappa shape index (κ3) is 3.64. The van der Waals surface area contributed by atoms with Crippen molar-refractivity contribution in [2.75, 3.05) is 31.6 Å². The summed E-state index contributed by atoms with van der Waals surface area (Å²) in [4.78, 5) is 29.5. The summed E-state index contributed by atoms with van der Waals surface area (Å²) in [5, 5.41) is 0. The summed E-state index contributed by atoms with van der Waals surface area (Å²) in [5.41, 5.74) is 3.23. The number of carbonyl (C=O) groups is 2. The Labute approximate surface area is 201 Å². The Morgan fingerprint density at radius 3 is 2.38 bits per heavy atom. The lowest BCUT2D eigenvalue weighted by Gasteiger charge is -2.35. The van der Waals surface area contributed by atoms with E-state index < -0.39 is 15.4 Å². The molecule has 0 unspecified atom stereocenters. The van der Waals surface area contributed by atoms with Crippen molar-refractivity contribution in [1.82, 2.24) is 9.21 Å². The second-order valence-electron chi connectivity index (χ2n) is 10.1. The molecule has 0 atom stereocenters. The fourth-order valence-corrected chi connectivity index (χ4v) is 7.04. The highest BCUT2D eigenvalue weighted by Gasteiger charge is 2.43. The minimum Gasteiger partial charge on any atom is -0.338 e. The molecule has 0 bridgehead atoms. The quantitative estimate of drug-likeness (QED) is 0.675. The molecular weight excluding hydrogens is 450 g/mol. The standard InChI is InChI=1S/C26H31N3O4S/c1-26(2)22-16-21(8-9-23(22)27(3)25(26)31)34(32,33)29-14-11-19(12-15-29)24(30)28-13-10-18-6-4-5-7-20(18)17-28/h4-9,16,19H,10-15,17H2,1-3H3. The predicted molar refractivity (Wildman–Crippen MR) is 130 cm³/mol. The van der Waals surface area contributed by atoms with Gasteiger partial charge in [-0.05, 0) is 68.0 Å². The molecule has 3 heterocycles. The minimum atomic E-state index is -3.70. The summed E-state index contributed by atoms with van der Waals surface area (Å²) in [6.45, 7) is 5.64. The number of carbonyl (C=O) groups excluding carboxylic acids is 2. The number of hydrogen-bond acceptors (Lipinski definition) is 4. The van der Waals surface area contributed by atoms with Gasteiger partial charge in [0.1, 0.15) is 0 Å². The van der Waals surface area contributed by atoms with Gasteiger partial charge in [0, 0.05) is 44.8 Å². The lowest BCUT2D eigenvalue weighted by Crippen LogP contribution is -2.45. The Morgan fingerprint density at radius 1 is 1.00 bits per heavy atom. The number of likely N-dealkylation sites (N-methyl/N-ethyl adjacent to an activating group) is 1. The van der Waals surface area contributed by atoms with Crippen molar-refractivity contribution in [3.05, 3.63) is 59.2 Å². The molecule has 2 aromatic carbocycles. The smallest absolute Gasteiger partial charge is 0.243 e. The number of benzene rings is 2. The summed E-state index contributed by atoms with van der Waals surface area (Å²) in [6.07, 6.45) is 1.91. The third-order valence-electron chi connectivity index (χ3n) is 7.73. The van der Waals surface area contributed by atoms with Crippen molar-refractivity contribution in [3.8, 4) is 0 Å². The molecular formula is C26H31N3O4S. The lowest BCUT2D eigenvalue weighted by molar-refractivity contribution is -0.137. The molecule has 0 aliphatic carbocycles. The number of piperidine rings is 1. The van der Waals surface area contributed by atoms with Crippen molar-refractivity contribution < 1.29 is 18.0 Å². The molecule has 0 radical (unpaired) electrons. The van der Waals surface area contributed by atoms with E-state index in [-0.39, 0.29) is 22.6 Å². The van der Waals surface area contributed by atoms with Gasteiger partial charge in [-0.15, -0.1) is 0 Å². The fraction of sp³-hybridized carbons (Fsp3) is 0.462. The Morgan fingerprint density at radius 2 is 1.68 bits per heavy atom. The van der Waals surface area contributed by atoms with Crippen LogP contribution in [-0.4, -0.2) is 56.1 Å². The minimum absolute atomic E-state index is 0.0447. The molecule has 3 aliphatic heterocycles. The number of fused-ring (bicyclic) bond motifs is 2. The van der Waals surface area contributed by atoms with Gasteiger partial charge in [0.15, 0.2) is 0 Å². The molecule has 3 aliphatic rings. The molecule has 5 rings (SSSR count). The molecule has 0 N–H and O–H groups in total. The summed E-state index contributed by atoms with van der Waals surface area (Å²) in [7, 11) is -1.99. The van der Waals surface area contributed by atoms with Crippen LogP contribution < -0.4 is 4.90 Å². The number of hydrogen-bond donors (Lipinski definition) is 0. The number of rotatable bonds is 3. The van der Waals surface area contributed by atoms with E-state index in [1.165, 1.54) is 15.4 Å². The van der Waals surface area contributed by atoms with Crippen LogP contribution in [0.5, 0.6) is 0 Å². The van der Waals surface area contributed by atoms with Gasteiger partial charge >= 0.3 is 0 Å². The first-order valence-corrected chi connectivity index (χ1v) is 13.3. The first-order chi connectivity index (χ1) is 16.1. The van der Waals surface area contributed by atoms with Crippen molar-refractivity contribution in [3.63, 3.8) is 0 Å². The topological polar surface area (TPSA) is 78.0 Å². The van der Waals surface area contributed by atoms with Crippen LogP contribution in [0.2, 0.25) is 0 Å². The van der Waals surface area contributed by atoms with Crippen molar-refractivity contribution in [1.29, 1.82) is 0 Å². The Bertz CT molecular complexity index is 1260. The monoisotopic (exact) mass is 481 g/mol. The van der Waals surface area contributed by atoms with Crippen LogP contribution in [0.25, 0.3) is 0 Å². The van der Waals surface area contributed by atoms with Crippen LogP contribution in [-0.2, 0) is 38.0 Å². The Kier molecular flexibility index (Phi) is 5.56. The zero-order chi connectivity index (χ0) is 24.3. The second kappa shape index (κ2) is 8.20. The molecule has 180 valence electrons. The van der Waals surface area contributed by atoms with Crippen LogP contribution in [0.3, 0.4) is 0 Å². The molecule has 0 aromatic heterocycles. The maximum absolute atomic E-state index is 13.4. The van der Waals surface area contributed by atoms with Gasteiger partial charge in [0.25, 0.3) is 0 Å². The van der Waals surface area contributed by atoms with E-state index in [9.17, 15) is 18.0 Å². The van der Waals surface area contributed by atoms with Gasteiger partial charge in [-0.25, -0.2) is 8.42 Å². The van der Waals surface area contributed by atoms with E-state index in [4.69, 9.17) is 0 Å². The predicted octanol–water partition coefficient (Wildman–Crippen LogP) is 2.93. The molecule has 8 heteroatoms. The van der Waals surface area contributed by atoms with Gasteiger partial charge in [-0.2, -0.15) is 4.31 Å². The Hall–Kier alpha value is -2.71. The van der Waals surface area contributed by atoms with Gasteiger partial charge in [-0.3, -0.25) is 9.59 Å². The van der Waals surface area contributed by atoms with E-state index in [1.54, 1.807) is 30.1 Å². The highest BCUT2D eigenvalue weighted by Crippen LogP contribution is 2.42. The maximum Gasteiger partial charge on any atom is 0.243 e. The van der Waals surface area contributed by atoms with Crippen molar-refractivity contribution in [2.24, 2.45) is 5.92 Å². The van der Waals surface area contributed by atoms with Crippen LogP contribution in [0.4, 0.5) is 5.69 Å². The van der Waals surface area contributed by atoms with Crippen LogP contribution in [0.1, 0.15) is 43.4 Å². The van der Waals surface area contributed by atoms with Gasteiger partial charge < -0.3 is 9.80 Å². The van der Waals surface area contributed by atoms with Crippen LogP contribution >= 0.6 is 0 Å². The molecule has 0 spiro atoms. The largest absolute Gasteiger partial charge is 0.338 e. The molecule has 7 nitrogen and oxygen atoms in total. The highest BCUT2D eigenvalue weighted by molar-refractivity contribution is 7.89. The normalized spacial score (nSPS) is 20.9. The molecule has 1 fully saturated rings. The van der Waals surface area contributed by atoms with E-state index in [1.807, 2.05) is 30.9 Å². The van der Waals surface area contributed by atoms with E-state index in [2.05, 4.69) is 12.1 Å². The van der Waals surface area contributed by atoms with Crippen LogP contribution in [0.15, 0.2) is 47.4 Å².